The Hall–Kier alpha value is -3.51. The Morgan fingerprint density at radius 3 is 2.76 bits per heavy atom. The van der Waals surface area contributed by atoms with E-state index in [1.54, 1.807) is 6.92 Å². The van der Waals surface area contributed by atoms with Crippen LogP contribution in [0, 0.1) is 11.7 Å². The number of benzene rings is 1. The van der Waals surface area contributed by atoms with Gasteiger partial charge in [0.2, 0.25) is 0 Å². The lowest BCUT2D eigenvalue weighted by Gasteiger charge is -2.34. The molecule has 2 aromatic rings. The van der Waals surface area contributed by atoms with E-state index < -0.39 is 29.3 Å². The summed E-state index contributed by atoms with van der Waals surface area (Å²) in [4.78, 5) is 25.1. The number of nitrogens with zero attached hydrogens (tertiary/aromatic N) is 3. The normalized spacial score (nSPS) is 15.6. The molecule has 4 N–H and O–H groups in total. The number of nitrogens with one attached hydrogen (secondary N) is 1. The van der Waals surface area contributed by atoms with E-state index in [4.69, 9.17) is 15.2 Å². The van der Waals surface area contributed by atoms with Crippen molar-refractivity contribution in [2.75, 3.05) is 26.4 Å². The number of alkyl halides is 1. The van der Waals surface area contributed by atoms with E-state index in [1.165, 1.54) is 35.5 Å². The van der Waals surface area contributed by atoms with Gasteiger partial charge in [0.1, 0.15) is 19.0 Å². The van der Waals surface area contributed by atoms with Gasteiger partial charge in [0.15, 0.2) is 11.6 Å². The van der Waals surface area contributed by atoms with Crippen LogP contribution in [0.2, 0.25) is 0 Å². The molecule has 3 rings (SSSR count). The molecule has 10 nitrogen and oxygen atoms in total. The maximum absolute atomic E-state index is 14.3. The number of hydrogen-bond donors (Lipinski definition) is 3. The lowest BCUT2D eigenvalue weighted by Crippen LogP contribution is -2.39. The smallest absolute Gasteiger partial charge is 0.330 e. The van der Waals surface area contributed by atoms with Gasteiger partial charge in [-0.15, -0.1) is 0 Å². The standard InChI is InChI=1S/C25H33F2N5O5/c1-3-25(35,18-6-7-19(27)22(12-18)37-14-17-4-5-17)15-32(29-2)21(20(28)13-26)9-11-36-16-31-10-8-23(33)30-24(31)34/h6-8,10,12,17,35H,2-5,9,11,13-16,28H2,1H3,(H,30,33,34)/b21-20-/t25-/m1/s1. The number of H-pyrrole nitrogens is 1. The SMILES string of the molecule is C=NN(C[C@](O)(CC)c1ccc(F)c(OCC2CC2)c1)/C(CCOCn1ccc(=O)[nH]c1=O)=C(\N)CF. The Labute approximate surface area is 213 Å². The third kappa shape index (κ3) is 7.49. The van der Waals surface area contributed by atoms with Gasteiger partial charge in [-0.1, -0.05) is 13.0 Å². The van der Waals surface area contributed by atoms with Gasteiger partial charge in [0.05, 0.1) is 31.2 Å². The Kier molecular flexibility index (Phi) is 9.59. The van der Waals surface area contributed by atoms with Crippen LogP contribution < -0.4 is 21.7 Å². The molecule has 0 saturated heterocycles. The predicted molar refractivity (Wildman–Crippen MR) is 134 cm³/mol. The van der Waals surface area contributed by atoms with Crippen molar-refractivity contribution in [2.45, 2.75) is 44.9 Å². The van der Waals surface area contributed by atoms with Crippen molar-refractivity contribution < 1.29 is 23.4 Å². The number of aliphatic hydroxyl groups is 1. The van der Waals surface area contributed by atoms with Gasteiger partial charge in [0.25, 0.3) is 5.56 Å². The maximum Gasteiger partial charge on any atom is 0.330 e. The van der Waals surface area contributed by atoms with Crippen LogP contribution in [0.4, 0.5) is 8.78 Å². The summed E-state index contributed by atoms with van der Waals surface area (Å²) in [7, 11) is 0. The van der Waals surface area contributed by atoms with Crippen molar-refractivity contribution in [2.24, 2.45) is 16.8 Å². The monoisotopic (exact) mass is 521 g/mol. The fourth-order valence-electron chi connectivity index (χ4n) is 3.69. The first-order chi connectivity index (χ1) is 17.7. The molecule has 1 aliphatic rings. The van der Waals surface area contributed by atoms with E-state index in [0.29, 0.717) is 18.1 Å². The molecule has 1 heterocycles. The van der Waals surface area contributed by atoms with Crippen LogP contribution in [0.3, 0.4) is 0 Å². The third-order valence-electron chi connectivity index (χ3n) is 6.24. The molecule has 1 atom stereocenters. The fourth-order valence-corrected chi connectivity index (χ4v) is 3.69. The van der Waals surface area contributed by atoms with E-state index in [2.05, 4.69) is 16.8 Å². The van der Waals surface area contributed by atoms with Crippen molar-refractivity contribution in [1.29, 1.82) is 0 Å². The van der Waals surface area contributed by atoms with Gasteiger partial charge in [-0.05, 0) is 42.9 Å². The third-order valence-corrected chi connectivity index (χ3v) is 6.24. The zero-order chi connectivity index (χ0) is 27.0. The molecule has 1 fully saturated rings. The quantitative estimate of drug-likeness (QED) is 0.186. The number of allylic oxidation sites excluding steroid dienone is 1. The second-order valence-corrected chi connectivity index (χ2v) is 8.96. The van der Waals surface area contributed by atoms with Gasteiger partial charge in [-0.3, -0.25) is 19.4 Å². The summed E-state index contributed by atoms with van der Waals surface area (Å²) < 4.78 is 40.2. The van der Waals surface area contributed by atoms with E-state index >= 15 is 0 Å². The second kappa shape index (κ2) is 12.6. The minimum atomic E-state index is -1.52. The molecule has 202 valence electrons. The summed E-state index contributed by atoms with van der Waals surface area (Å²) in [5.41, 5.74) is 3.77. The summed E-state index contributed by atoms with van der Waals surface area (Å²) >= 11 is 0. The summed E-state index contributed by atoms with van der Waals surface area (Å²) in [6.07, 6.45) is 3.71. The molecule has 0 unspecified atom stereocenters. The fraction of sp³-hybridized carbons (Fsp3) is 0.480. The van der Waals surface area contributed by atoms with Crippen LogP contribution in [0.25, 0.3) is 0 Å². The summed E-state index contributed by atoms with van der Waals surface area (Å²) in [6, 6.07) is 5.36. The van der Waals surface area contributed by atoms with Crippen molar-refractivity contribution >= 4 is 6.72 Å². The van der Waals surface area contributed by atoms with Crippen LogP contribution >= 0.6 is 0 Å². The van der Waals surface area contributed by atoms with Gasteiger partial charge in [-0.25, -0.2) is 13.6 Å². The Morgan fingerprint density at radius 1 is 1.38 bits per heavy atom. The Balaban J connectivity index is 1.72. The number of rotatable bonds is 15. The molecule has 0 amide bonds. The van der Waals surface area contributed by atoms with Crippen LogP contribution in [0.1, 0.15) is 38.2 Å². The molecule has 0 bridgehead atoms. The molecule has 0 radical (unpaired) electrons. The predicted octanol–water partition coefficient (Wildman–Crippen LogP) is 2.18. The molecule has 1 aromatic carbocycles. The van der Waals surface area contributed by atoms with E-state index in [-0.39, 0.29) is 49.9 Å². The second-order valence-electron chi connectivity index (χ2n) is 8.96. The highest BCUT2D eigenvalue weighted by Crippen LogP contribution is 2.34. The van der Waals surface area contributed by atoms with E-state index in [0.717, 1.165) is 17.4 Å². The highest BCUT2D eigenvalue weighted by atomic mass is 19.1. The number of hydrazone groups is 1. The molecule has 1 aliphatic carbocycles. The first-order valence-corrected chi connectivity index (χ1v) is 12.0. The molecule has 0 spiro atoms. The Bertz CT molecular complexity index is 1230. The van der Waals surface area contributed by atoms with Crippen molar-refractivity contribution in [3.63, 3.8) is 0 Å². The maximum atomic E-state index is 14.3. The van der Waals surface area contributed by atoms with Crippen LogP contribution in [-0.2, 0) is 17.1 Å². The minimum absolute atomic E-state index is 0.0217. The van der Waals surface area contributed by atoms with Gasteiger partial charge in [-0.2, -0.15) is 5.10 Å². The van der Waals surface area contributed by atoms with E-state index in [9.17, 15) is 23.5 Å². The molecule has 12 heteroatoms. The Morgan fingerprint density at radius 2 is 2.14 bits per heavy atom. The number of halogens is 2. The number of aromatic nitrogens is 2. The molecular weight excluding hydrogens is 488 g/mol. The first kappa shape index (κ1) is 28.1. The molecule has 1 aromatic heterocycles. The largest absolute Gasteiger partial charge is 0.490 e. The summed E-state index contributed by atoms with van der Waals surface area (Å²) in [6.45, 7) is 4.46. The summed E-state index contributed by atoms with van der Waals surface area (Å²) in [5.74, 6) is -0.0446. The van der Waals surface area contributed by atoms with E-state index in [1.807, 2.05) is 0 Å². The average Bonchev–Trinajstić information content (AvgIpc) is 3.72. The lowest BCUT2D eigenvalue weighted by atomic mass is 9.90. The van der Waals surface area contributed by atoms with Crippen LogP contribution in [-0.4, -0.2) is 52.8 Å². The zero-order valence-electron chi connectivity index (χ0n) is 20.8. The number of hydrogen-bond acceptors (Lipinski definition) is 8. The molecule has 0 aliphatic heterocycles. The van der Waals surface area contributed by atoms with Gasteiger partial charge in [0, 0.05) is 25.4 Å². The first-order valence-electron chi connectivity index (χ1n) is 12.0. The number of ether oxygens (including phenoxy) is 2. The van der Waals surface area contributed by atoms with Crippen molar-refractivity contribution in [1.82, 2.24) is 14.6 Å². The molecular formula is C25H33F2N5O5. The van der Waals surface area contributed by atoms with Crippen molar-refractivity contribution in [3.8, 4) is 5.75 Å². The number of aromatic amines is 1. The minimum Gasteiger partial charge on any atom is -0.490 e. The highest BCUT2D eigenvalue weighted by molar-refractivity contribution is 5.35. The summed E-state index contributed by atoms with van der Waals surface area (Å²) in [5, 5.41) is 16.8. The van der Waals surface area contributed by atoms with Crippen LogP contribution in [0.5, 0.6) is 5.75 Å². The molecule has 1 saturated carbocycles. The topological polar surface area (TPSA) is 135 Å². The highest BCUT2D eigenvalue weighted by Gasteiger charge is 2.33. The van der Waals surface area contributed by atoms with Gasteiger partial charge >= 0.3 is 5.69 Å². The van der Waals surface area contributed by atoms with Gasteiger partial charge < -0.3 is 20.3 Å². The number of nitrogens with two attached hydrogens (primary N) is 1. The molecule has 37 heavy (non-hydrogen) atoms. The lowest BCUT2D eigenvalue weighted by molar-refractivity contribution is 0.00114. The van der Waals surface area contributed by atoms with Crippen LogP contribution in [0.15, 0.2) is 56.5 Å². The van der Waals surface area contributed by atoms with Crippen molar-refractivity contribution in [3.05, 3.63) is 74.1 Å². The average molecular weight is 522 g/mol. The zero-order valence-corrected chi connectivity index (χ0v) is 20.8.